The van der Waals surface area contributed by atoms with Crippen LogP contribution in [0.3, 0.4) is 0 Å². The summed E-state index contributed by atoms with van der Waals surface area (Å²) in [6.45, 7) is 2.64. The normalized spacial score (nSPS) is 14.5. The number of esters is 2. The highest BCUT2D eigenvalue weighted by Gasteiger charge is 2.32. The second-order valence-electron chi connectivity index (χ2n) is 7.79. The molecule has 0 amide bonds. The molecule has 3 aromatic carbocycles. The predicted molar refractivity (Wildman–Crippen MR) is 122 cm³/mol. The van der Waals surface area contributed by atoms with Gasteiger partial charge in [-0.2, -0.15) is 10.5 Å². The smallest absolute Gasteiger partial charge is 0.308 e. The fourth-order valence-corrected chi connectivity index (χ4v) is 4.49. The van der Waals surface area contributed by atoms with Crippen LogP contribution in [0.4, 0.5) is 0 Å². The van der Waals surface area contributed by atoms with Crippen LogP contribution in [0.2, 0.25) is 0 Å². The first kappa shape index (κ1) is 21.8. The largest absolute Gasteiger partial charge is 0.426 e. The number of nitrogens with zero attached hydrogens (tertiary/aromatic N) is 2. The third-order valence-corrected chi connectivity index (χ3v) is 5.71. The second kappa shape index (κ2) is 8.98. The zero-order valence-corrected chi connectivity index (χ0v) is 18.2. The fraction of sp³-hybridized carbons (Fsp3) is 0.185. The molecule has 0 bridgehead atoms. The lowest BCUT2D eigenvalue weighted by Gasteiger charge is -2.30. The Labute approximate surface area is 191 Å². The molecular formula is C27H20N2O4. The summed E-state index contributed by atoms with van der Waals surface area (Å²) in [5.74, 6) is -0.721. The summed E-state index contributed by atoms with van der Waals surface area (Å²) >= 11 is 0. The van der Waals surface area contributed by atoms with Crippen LogP contribution in [-0.4, -0.2) is 11.9 Å². The molecule has 4 rings (SSSR count). The Morgan fingerprint density at radius 2 is 1.55 bits per heavy atom. The molecule has 162 valence electrons. The van der Waals surface area contributed by atoms with Gasteiger partial charge in [0, 0.05) is 36.1 Å². The number of allylic oxidation sites excluding steroid dienone is 2. The van der Waals surface area contributed by atoms with Crippen LogP contribution in [0.1, 0.15) is 42.9 Å². The number of hydrogen-bond acceptors (Lipinski definition) is 6. The van der Waals surface area contributed by atoms with Crippen LogP contribution in [0.5, 0.6) is 11.5 Å². The average Bonchev–Trinajstić information content (AvgIpc) is 2.81. The maximum absolute atomic E-state index is 12.1. The van der Waals surface area contributed by atoms with Gasteiger partial charge in [-0.25, -0.2) is 0 Å². The number of hydrogen-bond donors (Lipinski definition) is 0. The number of aryl methyl sites for hydroxylation is 1. The van der Waals surface area contributed by atoms with E-state index < -0.39 is 17.9 Å². The van der Waals surface area contributed by atoms with Crippen molar-refractivity contribution in [2.45, 2.75) is 32.6 Å². The van der Waals surface area contributed by atoms with E-state index in [2.05, 4.69) is 0 Å². The van der Waals surface area contributed by atoms with E-state index in [0.29, 0.717) is 46.2 Å². The van der Waals surface area contributed by atoms with Crippen molar-refractivity contribution in [2.24, 2.45) is 0 Å². The van der Waals surface area contributed by atoms with Crippen molar-refractivity contribution in [2.75, 3.05) is 0 Å². The molecule has 0 saturated heterocycles. The number of carbonyl (C=O) groups excluding carboxylic acids is 2. The van der Waals surface area contributed by atoms with E-state index in [4.69, 9.17) is 9.47 Å². The Morgan fingerprint density at radius 3 is 2.21 bits per heavy atom. The lowest BCUT2D eigenvalue weighted by Crippen LogP contribution is -2.16. The van der Waals surface area contributed by atoms with Crippen molar-refractivity contribution in [3.05, 3.63) is 76.9 Å². The molecule has 0 radical (unpaired) electrons. The molecule has 1 aliphatic carbocycles. The van der Waals surface area contributed by atoms with Gasteiger partial charge in [-0.3, -0.25) is 9.59 Å². The molecule has 0 aromatic heterocycles. The van der Waals surface area contributed by atoms with Gasteiger partial charge < -0.3 is 9.47 Å². The monoisotopic (exact) mass is 436 g/mol. The van der Waals surface area contributed by atoms with Crippen molar-refractivity contribution >= 4 is 28.3 Å². The quantitative estimate of drug-likeness (QED) is 0.317. The van der Waals surface area contributed by atoms with Gasteiger partial charge in [0.25, 0.3) is 0 Å². The van der Waals surface area contributed by atoms with E-state index >= 15 is 0 Å². The molecule has 0 N–H and O–H groups in total. The lowest BCUT2D eigenvalue weighted by atomic mass is 9.74. The molecule has 33 heavy (non-hydrogen) atoms. The van der Waals surface area contributed by atoms with Gasteiger partial charge in [0.15, 0.2) is 0 Å². The van der Waals surface area contributed by atoms with Crippen LogP contribution in [0.15, 0.2) is 60.2 Å². The average molecular weight is 436 g/mol. The van der Waals surface area contributed by atoms with Crippen LogP contribution < -0.4 is 9.47 Å². The molecule has 1 atom stereocenters. The number of ether oxygens (including phenoxy) is 2. The number of fused-ring (bicyclic) bond motifs is 2. The van der Waals surface area contributed by atoms with Crippen LogP contribution >= 0.6 is 0 Å². The summed E-state index contributed by atoms with van der Waals surface area (Å²) in [5, 5.41) is 20.7. The summed E-state index contributed by atoms with van der Waals surface area (Å²) < 4.78 is 11.2. The SMILES string of the molecule is CC(=O)Oc1cc(C2CCc3ccccc3C2=C(C#N)C#N)c(OC(C)=O)c2ccccc12. The summed E-state index contributed by atoms with van der Waals surface area (Å²) in [5.41, 5.74) is 3.04. The number of benzene rings is 3. The topological polar surface area (TPSA) is 100 Å². The summed E-state index contributed by atoms with van der Waals surface area (Å²) in [6, 6.07) is 20.6. The van der Waals surface area contributed by atoms with E-state index in [1.807, 2.05) is 36.4 Å². The van der Waals surface area contributed by atoms with Crippen molar-refractivity contribution in [3.63, 3.8) is 0 Å². The summed E-state index contributed by atoms with van der Waals surface area (Å²) in [7, 11) is 0. The minimum Gasteiger partial charge on any atom is -0.426 e. The number of nitriles is 2. The molecule has 0 spiro atoms. The van der Waals surface area contributed by atoms with E-state index in [1.54, 1.807) is 30.3 Å². The summed E-state index contributed by atoms with van der Waals surface area (Å²) in [6.07, 6.45) is 1.30. The minimum atomic E-state index is -0.496. The Bertz CT molecular complexity index is 1390. The van der Waals surface area contributed by atoms with Crippen LogP contribution in [0.25, 0.3) is 16.3 Å². The van der Waals surface area contributed by atoms with Gasteiger partial charge in [-0.1, -0.05) is 48.5 Å². The van der Waals surface area contributed by atoms with Gasteiger partial charge >= 0.3 is 11.9 Å². The lowest BCUT2D eigenvalue weighted by molar-refractivity contribution is -0.133. The molecule has 0 heterocycles. The summed E-state index contributed by atoms with van der Waals surface area (Å²) in [4.78, 5) is 23.9. The first-order valence-corrected chi connectivity index (χ1v) is 10.5. The van der Waals surface area contributed by atoms with Crippen LogP contribution in [-0.2, 0) is 16.0 Å². The zero-order valence-electron chi connectivity index (χ0n) is 18.2. The van der Waals surface area contributed by atoms with Crippen molar-refractivity contribution in [3.8, 4) is 23.6 Å². The van der Waals surface area contributed by atoms with Gasteiger partial charge in [-0.15, -0.1) is 0 Å². The van der Waals surface area contributed by atoms with E-state index in [9.17, 15) is 20.1 Å². The molecule has 0 fully saturated rings. The van der Waals surface area contributed by atoms with Gasteiger partial charge in [0.1, 0.15) is 29.2 Å². The third-order valence-electron chi connectivity index (χ3n) is 5.71. The van der Waals surface area contributed by atoms with Gasteiger partial charge in [-0.05, 0) is 35.6 Å². The molecule has 6 nitrogen and oxygen atoms in total. The number of rotatable bonds is 3. The Morgan fingerprint density at radius 1 is 0.909 bits per heavy atom. The standard InChI is InChI=1S/C27H20N2O4/c1-16(30)32-25-13-24(27(33-17(2)31)23-10-6-5-9-21(23)25)22-12-11-18-7-3-4-8-20(18)26(22)19(14-28)15-29/h3-10,13,22H,11-12H2,1-2H3. The van der Waals surface area contributed by atoms with Crippen molar-refractivity contribution < 1.29 is 19.1 Å². The Kier molecular flexibility index (Phi) is 5.93. The molecule has 1 aliphatic rings. The van der Waals surface area contributed by atoms with Gasteiger partial charge in [0.05, 0.1) is 0 Å². The Balaban J connectivity index is 2.07. The Hall–Kier alpha value is -4.42. The maximum Gasteiger partial charge on any atom is 0.308 e. The maximum atomic E-state index is 12.1. The highest BCUT2D eigenvalue weighted by atomic mass is 16.5. The third kappa shape index (κ3) is 4.07. The van der Waals surface area contributed by atoms with E-state index in [0.717, 1.165) is 11.1 Å². The van der Waals surface area contributed by atoms with E-state index in [-0.39, 0.29) is 5.57 Å². The zero-order chi connectivity index (χ0) is 23.5. The first-order valence-electron chi connectivity index (χ1n) is 10.5. The predicted octanol–water partition coefficient (Wildman–Crippen LogP) is 5.22. The van der Waals surface area contributed by atoms with Crippen molar-refractivity contribution in [1.29, 1.82) is 10.5 Å². The van der Waals surface area contributed by atoms with Crippen molar-refractivity contribution in [1.82, 2.24) is 0 Å². The first-order chi connectivity index (χ1) is 15.9. The highest BCUT2D eigenvalue weighted by molar-refractivity contribution is 5.98. The van der Waals surface area contributed by atoms with Gasteiger partial charge in [0.2, 0.25) is 0 Å². The number of carbonyl (C=O) groups is 2. The molecule has 6 heteroatoms. The highest BCUT2D eigenvalue weighted by Crippen LogP contribution is 2.49. The molecule has 0 saturated carbocycles. The van der Waals surface area contributed by atoms with Crippen LogP contribution in [0, 0.1) is 22.7 Å². The molecule has 3 aromatic rings. The minimum absolute atomic E-state index is 0.00289. The molecule has 0 aliphatic heterocycles. The molecule has 1 unspecified atom stereocenters. The second-order valence-corrected chi connectivity index (χ2v) is 7.79. The molecular weight excluding hydrogens is 416 g/mol. The fourth-order valence-electron chi connectivity index (χ4n) is 4.49. The van der Waals surface area contributed by atoms with E-state index in [1.165, 1.54) is 13.8 Å².